The Balaban J connectivity index is 1.63. The number of rotatable bonds is 6. The third-order valence-electron chi connectivity index (χ3n) is 3.84. The van der Waals surface area contributed by atoms with Crippen LogP contribution >= 0.6 is 11.8 Å². The third kappa shape index (κ3) is 5.67. The number of urea groups is 1. The molecular weight excluding hydrogens is 404 g/mol. The lowest BCUT2D eigenvalue weighted by molar-refractivity contribution is -0.117. The van der Waals surface area contributed by atoms with Gasteiger partial charge in [0.1, 0.15) is 5.82 Å². The summed E-state index contributed by atoms with van der Waals surface area (Å²) in [6.45, 7) is 3.22. The van der Waals surface area contributed by atoms with Gasteiger partial charge >= 0.3 is 6.03 Å². The lowest BCUT2D eigenvalue weighted by Gasteiger charge is -2.10. The van der Waals surface area contributed by atoms with Gasteiger partial charge in [0.25, 0.3) is 0 Å². The zero-order valence-electron chi connectivity index (χ0n) is 16.4. The highest BCUT2D eigenvalue weighted by Gasteiger charge is 2.15. The van der Waals surface area contributed by atoms with Crippen molar-refractivity contribution in [2.24, 2.45) is 0 Å². The molecule has 0 aliphatic carbocycles. The lowest BCUT2D eigenvalue weighted by Crippen LogP contribution is -2.35. The van der Waals surface area contributed by atoms with Gasteiger partial charge in [-0.3, -0.25) is 19.5 Å². The maximum absolute atomic E-state index is 12.1. The van der Waals surface area contributed by atoms with E-state index in [0.717, 1.165) is 17.4 Å². The van der Waals surface area contributed by atoms with Crippen molar-refractivity contribution in [2.75, 3.05) is 16.4 Å². The molecule has 30 heavy (non-hydrogen) atoms. The minimum Gasteiger partial charge on any atom is -0.326 e. The van der Waals surface area contributed by atoms with Crippen molar-refractivity contribution in [3.8, 4) is 5.69 Å². The number of carbonyl (C=O) groups is 3. The number of hydrogen-bond donors (Lipinski definition) is 3. The quantitative estimate of drug-likeness (QED) is 0.524. The number of aryl methyl sites for hydroxylation is 1. The molecular formula is C20H20N6O3S. The number of aromatic nitrogens is 3. The Hall–Kier alpha value is -3.66. The third-order valence-corrected chi connectivity index (χ3v) is 4.77. The second kappa shape index (κ2) is 9.70. The molecule has 0 aliphatic heterocycles. The first-order chi connectivity index (χ1) is 14.4. The highest BCUT2D eigenvalue weighted by atomic mass is 32.2. The van der Waals surface area contributed by atoms with E-state index in [0.29, 0.717) is 22.4 Å². The molecule has 0 saturated carbocycles. The zero-order valence-corrected chi connectivity index (χ0v) is 17.2. The molecule has 1 heterocycles. The fourth-order valence-electron chi connectivity index (χ4n) is 2.64. The van der Waals surface area contributed by atoms with E-state index in [9.17, 15) is 14.4 Å². The molecule has 1 aromatic heterocycles. The Morgan fingerprint density at radius 1 is 0.967 bits per heavy atom. The van der Waals surface area contributed by atoms with Gasteiger partial charge in [-0.15, -0.1) is 10.2 Å². The van der Waals surface area contributed by atoms with Crippen molar-refractivity contribution < 1.29 is 14.4 Å². The minimum absolute atomic E-state index is 0.0221. The van der Waals surface area contributed by atoms with Crippen LogP contribution in [0.5, 0.6) is 0 Å². The van der Waals surface area contributed by atoms with E-state index in [1.54, 1.807) is 54.0 Å². The van der Waals surface area contributed by atoms with Crippen molar-refractivity contribution in [2.45, 2.75) is 19.0 Å². The highest BCUT2D eigenvalue weighted by Crippen LogP contribution is 2.23. The molecule has 4 amide bonds. The molecule has 10 heteroatoms. The number of anilines is 2. The van der Waals surface area contributed by atoms with Crippen LogP contribution in [0.2, 0.25) is 0 Å². The molecule has 0 fully saturated rings. The summed E-state index contributed by atoms with van der Waals surface area (Å²) in [6.07, 6.45) is 0. The average molecular weight is 424 g/mol. The van der Waals surface area contributed by atoms with Gasteiger partial charge in [0, 0.05) is 18.3 Å². The summed E-state index contributed by atoms with van der Waals surface area (Å²) in [4.78, 5) is 35.4. The summed E-state index contributed by atoms with van der Waals surface area (Å²) in [7, 11) is 0. The predicted octanol–water partition coefficient (Wildman–Crippen LogP) is 2.97. The first-order valence-corrected chi connectivity index (χ1v) is 9.99. The Labute approximate surface area is 177 Å². The van der Waals surface area contributed by atoms with Crippen molar-refractivity contribution in [3.63, 3.8) is 0 Å². The van der Waals surface area contributed by atoms with Crippen LogP contribution in [0, 0.1) is 6.92 Å². The van der Waals surface area contributed by atoms with Crippen LogP contribution in [0.15, 0.2) is 59.8 Å². The van der Waals surface area contributed by atoms with Gasteiger partial charge in [-0.25, -0.2) is 4.79 Å². The van der Waals surface area contributed by atoms with Gasteiger partial charge < -0.3 is 10.6 Å². The summed E-state index contributed by atoms with van der Waals surface area (Å²) >= 11 is 1.15. The largest absolute Gasteiger partial charge is 0.326 e. The maximum Gasteiger partial charge on any atom is 0.325 e. The number of nitrogens with one attached hydrogen (secondary N) is 3. The van der Waals surface area contributed by atoms with Crippen LogP contribution in [-0.4, -0.2) is 38.4 Å². The number of amides is 4. The zero-order chi connectivity index (χ0) is 21.5. The van der Waals surface area contributed by atoms with Gasteiger partial charge in [0.15, 0.2) is 5.16 Å². The van der Waals surface area contributed by atoms with E-state index >= 15 is 0 Å². The Kier molecular flexibility index (Phi) is 6.81. The molecule has 3 rings (SSSR count). The minimum atomic E-state index is -0.604. The summed E-state index contributed by atoms with van der Waals surface area (Å²) in [6, 6.07) is 15.4. The molecule has 3 N–H and O–H groups in total. The number of thioether (sulfide) groups is 1. The van der Waals surface area contributed by atoms with Gasteiger partial charge in [0.05, 0.1) is 11.4 Å². The SMILES string of the molecule is CC(=O)Nc1cccc(-n2c(C)nnc2SCC(=O)NC(=O)Nc2ccccc2)c1. The van der Waals surface area contributed by atoms with E-state index < -0.39 is 11.9 Å². The van der Waals surface area contributed by atoms with Crippen LogP contribution in [0.1, 0.15) is 12.7 Å². The van der Waals surface area contributed by atoms with Crippen molar-refractivity contribution in [1.82, 2.24) is 20.1 Å². The van der Waals surface area contributed by atoms with E-state index in [1.165, 1.54) is 6.92 Å². The van der Waals surface area contributed by atoms with Crippen LogP contribution in [0.25, 0.3) is 5.69 Å². The Morgan fingerprint density at radius 2 is 1.70 bits per heavy atom. The molecule has 0 aliphatic rings. The topological polar surface area (TPSA) is 118 Å². The molecule has 0 bridgehead atoms. The fraction of sp³-hybridized carbons (Fsp3) is 0.150. The summed E-state index contributed by atoms with van der Waals surface area (Å²) in [5.74, 6) is -0.0360. The lowest BCUT2D eigenvalue weighted by atomic mass is 10.2. The number of nitrogens with zero attached hydrogens (tertiary/aromatic N) is 3. The monoisotopic (exact) mass is 424 g/mol. The molecule has 2 aromatic carbocycles. The van der Waals surface area contributed by atoms with Crippen LogP contribution in [0.4, 0.5) is 16.2 Å². The Bertz CT molecular complexity index is 1070. The van der Waals surface area contributed by atoms with E-state index in [-0.39, 0.29) is 11.7 Å². The number of benzene rings is 2. The predicted molar refractivity (Wildman–Crippen MR) is 115 cm³/mol. The molecule has 0 spiro atoms. The van der Waals surface area contributed by atoms with Crippen molar-refractivity contribution >= 4 is 41.0 Å². The highest BCUT2D eigenvalue weighted by molar-refractivity contribution is 7.99. The summed E-state index contributed by atoms with van der Waals surface area (Å²) in [5.41, 5.74) is 1.97. The van der Waals surface area contributed by atoms with Crippen LogP contribution < -0.4 is 16.0 Å². The van der Waals surface area contributed by atoms with Gasteiger partial charge in [-0.2, -0.15) is 0 Å². The van der Waals surface area contributed by atoms with Crippen LogP contribution in [-0.2, 0) is 9.59 Å². The molecule has 154 valence electrons. The van der Waals surface area contributed by atoms with Crippen LogP contribution in [0.3, 0.4) is 0 Å². The van der Waals surface area contributed by atoms with Crippen molar-refractivity contribution in [1.29, 1.82) is 0 Å². The molecule has 0 atom stereocenters. The number of hydrogen-bond acceptors (Lipinski definition) is 6. The normalized spacial score (nSPS) is 10.3. The number of carbonyl (C=O) groups excluding carboxylic acids is 3. The first kappa shape index (κ1) is 21.1. The van der Waals surface area contributed by atoms with Gasteiger partial charge in [-0.05, 0) is 37.3 Å². The second-order valence-corrected chi connectivity index (χ2v) is 7.20. The average Bonchev–Trinajstić information content (AvgIpc) is 3.07. The van der Waals surface area contributed by atoms with E-state index in [2.05, 4.69) is 26.1 Å². The number of para-hydroxylation sites is 1. The standard InChI is InChI=1S/C20H20N6O3S/c1-13-24-25-20(26(13)17-10-6-9-16(11-17)21-14(2)27)30-12-18(28)23-19(29)22-15-7-4-3-5-8-15/h3-11H,12H2,1-2H3,(H,21,27)(H2,22,23,28,29). The second-order valence-electron chi connectivity index (χ2n) is 6.25. The summed E-state index contributed by atoms with van der Waals surface area (Å²) in [5, 5.41) is 16.3. The molecule has 0 saturated heterocycles. The van der Waals surface area contributed by atoms with E-state index in [4.69, 9.17) is 0 Å². The smallest absolute Gasteiger partial charge is 0.325 e. The summed E-state index contributed by atoms with van der Waals surface area (Å²) < 4.78 is 1.77. The van der Waals surface area contributed by atoms with E-state index in [1.807, 2.05) is 12.1 Å². The molecule has 9 nitrogen and oxygen atoms in total. The number of imide groups is 1. The molecule has 0 unspecified atom stereocenters. The van der Waals surface area contributed by atoms with Gasteiger partial charge in [-0.1, -0.05) is 36.0 Å². The maximum atomic E-state index is 12.1. The Morgan fingerprint density at radius 3 is 2.43 bits per heavy atom. The first-order valence-electron chi connectivity index (χ1n) is 9.01. The van der Waals surface area contributed by atoms with Gasteiger partial charge in [0.2, 0.25) is 11.8 Å². The fourth-order valence-corrected chi connectivity index (χ4v) is 3.43. The molecule has 0 radical (unpaired) electrons. The molecule has 3 aromatic rings. The van der Waals surface area contributed by atoms with Crippen molar-refractivity contribution in [3.05, 3.63) is 60.4 Å².